The normalized spacial score (nSPS) is 9.80. The zero-order valence-electron chi connectivity index (χ0n) is 8.63. The van der Waals surface area contributed by atoms with Crippen LogP contribution in [0.15, 0.2) is 29.3 Å². The van der Waals surface area contributed by atoms with Crippen LogP contribution in [0.3, 0.4) is 0 Å². The largest absolute Gasteiger partial charge is 0.497 e. The summed E-state index contributed by atoms with van der Waals surface area (Å²) in [6.07, 6.45) is 0. The summed E-state index contributed by atoms with van der Waals surface area (Å²) in [5.41, 5.74) is 6.53. The summed E-state index contributed by atoms with van der Waals surface area (Å²) in [7, 11) is 1.62. The first-order chi connectivity index (χ1) is 7.17. The molecule has 0 atom stereocenters. The summed E-state index contributed by atoms with van der Waals surface area (Å²) in [6, 6.07) is 5.55. The second-order valence-electron chi connectivity index (χ2n) is 2.98. The molecule has 0 fully saturated rings. The maximum Gasteiger partial charge on any atom is 0.124 e. The molecule has 0 saturated carbocycles. The molecule has 15 heavy (non-hydrogen) atoms. The first-order valence-electron chi connectivity index (χ1n) is 4.50. The summed E-state index contributed by atoms with van der Waals surface area (Å²) in [6.45, 7) is 4.54. The van der Waals surface area contributed by atoms with E-state index < -0.39 is 0 Å². The Bertz CT molecular complexity index is 352. The third-order valence-corrected chi connectivity index (χ3v) is 2.10. The minimum Gasteiger partial charge on any atom is -0.497 e. The molecular formula is C11H14BrNO2. The summed E-state index contributed by atoms with van der Waals surface area (Å²) < 4.78 is 11.4. The molecule has 82 valence electrons. The minimum absolute atomic E-state index is 0.418. The molecule has 0 bridgehead atoms. The highest BCUT2D eigenvalue weighted by Crippen LogP contribution is 2.24. The van der Waals surface area contributed by atoms with E-state index in [1.165, 1.54) is 0 Å². The van der Waals surface area contributed by atoms with Gasteiger partial charge in [0.25, 0.3) is 0 Å². The second kappa shape index (κ2) is 5.78. The van der Waals surface area contributed by atoms with Gasteiger partial charge in [0, 0.05) is 16.6 Å². The van der Waals surface area contributed by atoms with Crippen molar-refractivity contribution in [3.8, 4) is 11.5 Å². The van der Waals surface area contributed by atoms with Gasteiger partial charge in [0.2, 0.25) is 0 Å². The summed E-state index contributed by atoms with van der Waals surface area (Å²) in [4.78, 5) is 0. The Morgan fingerprint density at radius 3 is 2.80 bits per heavy atom. The number of halogens is 1. The number of benzene rings is 1. The maximum absolute atomic E-state index is 5.61. The molecule has 0 radical (unpaired) electrons. The van der Waals surface area contributed by atoms with Crippen molar-refractivity contribution in [1.82, 2.24) is 0 Å². The number of rotatable bonds is 5. The zero-order valence-corrected chi connectivity index (χ0v) is 10.2. The summed E-state index contributed by atoms with van der Waals surface area (Å²) in [5, 5.41) is 0. The Morgan fingerprint density at radius 1 is 1.53 bits per heavy atom. The lowest BCUT2D eigenvalue weighted by atomic mass is 10.2. The SMILES string of the molecule is C=C(Br)COc1ccc(OC)cc1CN. The molecule has 0 aromatic heterocycles. The molecule has 0 heterocycles. The average molecular weight is 272 g/mol. The molecule has 0 spiro atoms. The first-order valence-corrected chi connectivity index (χ1v) is 5.29. The van der Waals surface area contributed by atoms with Crippen LogP contribution >= 0.6 is 15.9 Å². The fourth-order valence-corrected chi connectivity index (χ4v) is 1.25. The molecule has 3 nitrogen and oxygen atoms in total. The Morgan fingerprint density at radius 2 is 2.27 bits per heavy atom. The van der Waals surface area contributed by atoms with Gasteiger partial charge in [0.15, 0.2) is 0 Å². The Balaban J connectivity index is 2.82. The fourth-order valence-electron chi connectivity index (χ4n) is 1.14. The molecule has 4 heteroatoms. The number of ether oxygens (including phenoxy) is 2. The molecule has 0 saturated heterocycles. The Kier molecular flexibility index (Phi) is 4.65. The van der Waals surface area contributed by atoms with Gasteiger partial charge >= 0.3 is 0 Å². The predicted molar refractivity (Wildman–Crippen MR) is 64.4 cm³/mol. The summed E-state index contributed by atoms with van der Waals surface area (Å²) >= 11 is 3.23. The quantitative estimate of drug-likeness (QED) is 0.895. The van der Waals surface area contributed by atoms with Crippen LogP contribution in [0.2, 0.25) is 0 Å². The van der Waals surface area contributed by atoms with Crippen molar-refractivity contribution in [1.29, 1.82) is 0 Å². The van der Waals surface area contributed by atoms with Crippen molar-refractivity contribution in [2.75, 3.05) is 13.7 Å². The molecule has 1 aromatic rings. The minimum atomic E-state index is 0.418. The van der Waals surface area contributed by atoms with E-state index in [-0.39, 0.29) is 0 Å². The second-order valence-corrected chi connectivity index (χ2v) is 4.11. The lowest BCUT2D eigenvalue weighted by Gasteiger charge is -2.11. The van der Waals surface area contributed by atoms with Gasteiger partial charge in [0.1, 0.15) is 18.1 Å². The van der Waals surface area contributed by atoms with Crippen LogP contribution in [0.4, 0.5) is 0 Å². The Hall–Kier alpha value is -1.00. The van der Waals surface area contributed by atoms with Gasteiger partial charge in [-0.3, -0.25) is 0 Å². The standard InChI is InChI=1S/C11H14BrNO2/c1-8(12)7-15-11-4-3-10(14-2)5-9(11)6-13/h3-5H,1,6-7,13H2,2H3. The van der Waals surface area contributed by atoms with Gasteiger partial charge in [-0.1, -0.05) is 22.5 Å². The number of hydrogen-bond donors (Lipinski definition) is 1. The highest BCUT2D eigenvalue weighted by molar-refractivity contribution is 9.11. The number of hydrogen-bond acceptors (Lipinski definition) is 3. The molecular weight excluding hydrogens is 258 g/mol. The summed E-state index contributed by atoms with van der Waals surface area (Å²) in [5.74, 6) is 1.54. The molecule has 1 aromatic carbocycles. The smallest absolute Gasteiger partial charge is 0.124 e. The molecule has 1 rings (SSSR count). The van der Waals surface area contributed by atoms with Crippen molar-refractivity contribution < 1.29 is 9.47 Å². The molecule has 0 aliphatic rings. The van der Waals surface area contributed by atoms with Gasteiger partial charge in [-0.2, -0.15) is 0 Å². The van der Waals surface area contributed by atoms with Gasteiger partial charge < -0.3 is 15.2 Å². The lowest BCUT2D eigenvalue weighted by Crippen LogP contribution is -2.03. The lowest BCUT2D eigenvalue weighted by molar-refractivity contribution is 0.354. The van der Waals surface area contributed by atoms with Crippen molar-refractivity contribution in [3.05, 3.63) is 34.8 Å². The molecule has 0 aliphatic carbocycles. The van der Waals surface area contributed by atoms with E-state index in [0.29, 0.717) is 13.2 Å². The average Bonchev–Trinajstić information content (AvgIpc) is 2.25. The monoisotopic (exact) mass is 271 g/mol. The first kappa shape index (κ1) is 12.1. The van der Waals surface area contributed by atoms with Crippen LogP contribution in [0.5, 0.6) is 11.5 Å². The third kappa shape index (κ3) is 3.57. The van der Waals surface area contributed by atoms with Crippen LogP contribution in [0, 0.1) is 0 Å². The van der Waals surface area contributed by atoms with Gasteiger partial charge in [-0.05, 0) is 18.2 Å². The van der Waals surface area contributed by atoms with E-state index in [9.17, 15) is 0 Å². The van der Waals surface area contributed by atoms with Crippen LogP contribution in [-0.4, -0.2) is 13.7 Å². The van der Waals surface area contributed by atoms with Crippen molar-refractivity contribution in [2.45, 2.75) is 6.54 Å². The van der Waals surface area contributed by atoms with E-state index in [1.54, 1.807) is 7.11 Å². The number of methoxy groups -OCH3 is 1. The van der Waals surface area contributed by atoms with Crippen LogP contribution in [-0.2, 0) is 6.54 Å². The van der Waals surface area contributed by atoms with Gasteiger partial charge in [-0.15, -0.1) is 0 Å². The van der Waals surface area contributed by atoms with E-state index >= 15 is 0 Å². The van der Waals surface area contributed by atoms with E-state index in [4.69, 9.17) is 15.2 Å². The van der Waals surface area contributed by atoms with E-state index in [1.807, 2.05) is 18.2 Å². The maximum atomic E-state index is 5.61. The van der Waals surface area contributed by atoms with Crippen molar-refractivity contribution in [2.24, 2.45) is 5.73 Å². The predicted octanol–water partition coefficient (Wildman–Crippen LogP) is 2.44. The van der Waals surface area contributed by atoms with E-state index in [2.05, 4.69) is 22.5 Å². The molecule has 2 N–H and O–H groups in total. The molecule has 0 aliphatic heterocycles. The molecule has 0 unspecified atom stereocenters. The van der Waals surface area contributed by atoms with Crippen LogP contribution in [0.1, 0.15) is 5.56 Å². The van der Waals surface area contributed by atoms with E-state index in [0.717, 1.165) is 21.5 Å². The Labute approximate surface area is 98.0 Å². The van der Waals surface area contributed by atoms with Crippen LogP contribution < -0.4 is 15.2 Å². The highest BCUT2D eigenvalue weighted by atomic mass is 79.9. The highest BCUT2D eigenvalue weighted by Gasteiger charge is 2.04. The zero-order chi connectivity index (χ0) is 11.3. The van der Waals surface area contributed by atoms with Crippen molar-refractivity contribution >= 4 is 15.9 Å². The van der Waals surface area contributed by atoms with Gasteiger partial charge in [0.05, 0.1) is 7.11 Å². The van der Waals surface area contributed by atoms with Gasteiger partial charge in [-0.25, -0.2) is 0 Å². The van der Waals surface area contributed by atoms with Crippen LogP contribution in [0.25, 0.3) is 0 Å². The molecule has 0 amide bonds. The topological polar surface area (TPSA) is 44.5 Å². The fraction of sp³-hybridized carbons (Fsp3) is 0.273. The third-order valence-electron chi connectivity index (χ3n) is 1.87. The number of nitrogens with two attached hydrogens (primary N) is 1. The van der Waals surface area contributed by atoms with Crippen molar-refractivity contribution in [3.63, 3.8) is 0 Å².